The van der Waals surface area contributed by atoms with Crippen LogP contribution in [0.3, 0.4) is 0 Å². The third kappa shape index (κ3) is 7.25. The predicted molar refractivity (Wildman–Crippen MR) is 170 cm³/mol. The Kier molecular flexibility index (Phi) is 8.97. The average molecular weight is 611 g/mol. The quantitative estimate of drug-likeness (QED) is 0.485. The average Bonchev–Trinajstić information content (AvgIpc) is 3.00. The van der Waals surface area contributed by atoms with Crippen LogP contribution in [0.2, 0.25) is 0 Å². The van der Waals surface area contributed by atoms with Crippen molar-refractivity contribution in [1.29, 1.82) is 0 Å². The van der Waals surface area contributed by atoms with Gasteiger partial charge in [0.05, 0.1) is 17.8 Å². The number of hydrogen-bond acceptors (Lipinski definition) is 8. The van der Waals surface area contributed by atoms with Crippen LogP contribution < -0.4 is 20.4 Å². The summed E-state index contributed by atoms with van der Waals surface area (Å²) in [6.07, 6.45) is 7.45. The smallest absolute Gasteiger partial charge is 0.240 e. The molecule has 0 radical (unpaired) electrons. The number of carbonyl (C=O) groups is 1. The number of likely N-dealkylation sites (tertiary alicyclic amines) is 2. The van der Waals surface area contributed by atoms with Crippen LogP contribution in [0.15, 0.2) is 24.5 Å². The number of piperazine rings is 1. The molecule has 1 aromatic carbocycles. The first-order chi connectivity index (χ1) is 21.1. The van der Waals surface area contributed by atoms with Gasteiger partial charge in [-0.25, -0.2) is 18.7 Å². The Hall–Kier alpha value is -3.05. The Morgan fingerprint density at radius 3 is 2.39 bits per heavy atom. The lowest BCUT2D eigenvalue weighted by Gasteiger charge is -2.48. The lowest BCUT2D eigenvalue weighted by atomic mass is 9.82. The topological polar surface area (TPSA) is 79.9 Å². The molecule has 5 heterocycles. The number of piperidine rings is 3. The molecule has 0 saturated carbocycles. The zero-order chi connectivity index (χ0) is 30.9. The van der Waals surface area contributed by atoms with Crippen LogP contribution in [-0.2, 0) is 11.3 Å². The number of halogens is 2. The Labute approximate surface area is 260 Å². The van der Waals surface area contributed by atoms with Crippen molar-refractivity contribution in [2.45, 2.75) is 64.5 Å². The maximum Gasteiger partial charge on any atom is 0.240 e. The summed E-state index contributed by atoms with van der Waals surface area (Å²) in [5, 5.41) is 6.71. The fraction of sp³-hybridized carbons (Fsp3) is 0.667. The summed E-state index contributed by atoms with van der Waals surface area (Å²) >= 11 is 0. The standard InChI is InChI=1S/C33H48F2N8O/c1-32(2)6-12-41(13-7-32)20-25-16-27(35)28(17-26(25)34)43-21-31(44)39-33(22-43)8-14-42(15-9-33)30-18-29(37-23-38-30)36-19-24-4-10-40(3)11-5-24/h16-18,23-24H,4-15,19-22H2,1-3H3,(H,39,44)(H,36,37,38). The van der Waals surface area contributed by atoms with E-state index in [4.69, 9.17) is 0 Å². The van der Waals surface area contributed by atoms with E-state index in [1.54, 1.807) is 11.2 Å². The molecule has 0 aliphatic carbocycles. The van der Waals surface area contributed by atoms with E-state index in [9.17, 15) is 4.79 Å². The van der Waals surface area contributed by atoms with Crippen molar-refractivity contribution in [3.63, 3.8) is 0 Å². The second-order valence-corrected chi connectivity index (χ2v) is 14.4. The van der Waals surface area contributed by atoms with Gasteiger partial charge >= 0.3 is 0 Å². The second kappa shape index (κ2) is 12.7. The lowest BCUT2D eigenvalue weighted by Crippen LogP contribution is -2.66. The Balaban J connectivity index is 1.07. The predicted octanol–water partition coefficient (Wildman–Crippen LogP) is 4.11. The molecule has 4 saturated heterocycles. The number of carbonyl (C=O) groups excluding carboxylic acids is 1. The van der Waals surface area contributed by atoms with Gasteiger partial charge in [0, 0.05) is 50.4 Å². The van der Waals surface area contributed by atoms with Gasteiger partial charge in [0.25, 0.3) is 0 Å². The van der Waals surface area contributed by atoms with Crippen molar-refractivity contribution in [1.82, 2.24) is 25.1 Å². The zero-order valence-electron chi connectivity index (χ0n) is 26.5. The van der Waals surface area contributed by atoms with E-state index in [0.29, 0.717) is 55.9 Å². The molecule has 4 fully saturated rings. The molecule has 240 valence electrons. The second-order valence-electron chi connectivity index (χ2n) is 14.4. The molecule has 11 heteroatoms. The van der Waals surface area contributed by atoms with Crippen molar-refractivity contribution < 1.29 is 13.6 Å². The Morgan fingerprint density at radius 1 is 0.932 bits per heavy atom. The molecule has 1 amide bonds. The molecule has 0 bridgehead atoms. The minimum atomic E-state index is -0.504. The van der Waals surface area contributed by atoms with Crippen LogP contribution >= 0.6 is 0 Å². The van der Waals surface area contributed by atoms with Gasteiger partial charge in [-0.15, -0.1) is 0 Å². The first-order valence-corrected chi connectivity index (χ1v) is 16.3. The van der Waals surface area contributed by atoms with Gasteiger partial charge in [-0.05, 0) is 89.2 Å². The van der Waals surface area contributed by atoms with Gasteiger partial charge in [-0.3, -0.25) is 9.69 Å². The van der Waals surface area contributed by atoms with Gasteiger partial charge in [-0.2, -0.15) is 0 Å². The van der Waals surface area contributed by atoms with Crippen LogP contribution in [-0.4, -0.2) is 97.2 Å². The highest BCUT2D eigenvalue weighted by molar-refractivity contribution is 5.84. The lowest BCUT2D eigenvalue weighted by molar-refractivity contribution is -0.123. The van der Waals surface area contributed by atoms with Crippen LogP contribution in [0, 0.1) is 23.0 Å². The first-order valence-electron chi connectivity index (χ1n) is 16.3. The number of anilines is 3. The van der Waals surface area contributed by atoms with Crippen molar-refractivity contribution in [3.05, 3.63) is 41.7 Å². The molecule has 2 N–H and O–H groups in total. The number of amides is 1. The molecule has 0 unspecified atom stereocenters. The molecule has 4 aliphatic heterocycles. The summed E-state index contributed by atoms with van der Waals surface area (Å²) in [4.78, 5) is 30.4. The molecule has 9 nitrogen and oxygen atoms in total. The van der Waals surface area contributed by atoms with Crippen molar-refractivity contribution in [3.8, 4) is 0 Å². The van der Waals surface area contributed by atoms with Gasteiger partial charge < -0.3 is 25.3 Å². The summed E-state index contributed by atoms with van der Waals surface area (Å²) in [6, 6.07) is 4.63. The molecular formula is C33H48F2N8O. The summed E-state index contributed by atoms with van der Waals surface area (Å²) in [6.45, 7) is 11.7. The fourth-order valence-electron chi connectivity index (χ4n) is 7.22. The van der Waals surface area contributed by atoms with E-state index < -0.39 is 17.2 Å². The number of nitrogens with one attached hydrogen (secondary N) is 2. The number of rotatable bonds is 7. The summed E-state index contributed by atoms with van der Waals surface area (Å²) in [5.41, 5.74) is 0.335. The normalized spacial score (nSPS) is 23.2. The first kappa shape index (κ1) is 31.0. The van der Waals surface area contributed by atoms with Gasteiger partial charge in [0.2, 0.25) is 5.91 Å². The van der Waals surface area contributed by atoms with Gasteiger partial charge in [0.15, 0.2) is 0 Å². The van der Waals surface area contributed by atoms with Crippen molar-refractivity contribution in [2.24, 2.45) is 11.3 Å². The van der Waals surface area contributed by atoms with E-state index in [1.165, 1.54) is 25.0 Å². The SMILES string of the molecule is CN1CCC(CNc2cc(N3CCC4(CC3)CN(c3cc(F)c(CN5CCC(C)(C)CC5)cc3F)CC(=O)N4)ncn2)CC1. The molecule has 0 atom stereocenters. The monoisotopic (exact) mass is 610 g/mol. The third-order valence-corrected chi connectivity index (χ3v) is 10.4. The maximum absolute atomic E-state index is 15.5. The Bertz CT molecular complexity index is 1310. The van der Waals surface area contributed by atoms with E-state index in [2.05, 4.69) is 56.2 Å². The molecule has 6 rings (SSSR count). The van der Waals surface area contributed by atoms with Crippen LogP contribution in [0.4, 0.5) is 26.1 Å². The van der Waals surface area contributed by atoms with Crippen LogP contribution in [0.1, 0.15) is 57.9 Å². The Morgan fingerprint density at radius 2 is 1.66 bits per heavy atom. The van der Waals surface area contributed by atoms with E-state index >= 15 is 8.78 Å². The minimum absolute atomic E-state index is 0.0145. The van der Waals surface area contributed by atoms with Crippen molar-refractivity contribution >= 4 is 23.2 Å². The molecule has 1 aromatic heterocycles. The third-order valence-electron chi connectivity index (χ3n) is 10.4. The summed E-state index contributed by atoms with van der Waals surface area (Å²) < 4.78 is 30.8. The highest BCUT2D eigenvalue weighted by Crippen LogP contribution is 2.34. The highest BCUT2D eigenvalue weighted by Gasteiger charge is 2.42. The maximum atomic E-state index is 15.5. The fourth-order valence-corrected chi connectivity index (χ4v) is 7.22. The van der Waals surface area contributed by atoms with E-state index in [0.717, 1.165) is 57.2 Å². The van der Waals surface area contributed by atoms with E-state index in [1.807, 2.05) is 6.07 Å². The van der Waals surface area contributed by atoms with E-state index in [-0.39, 0.29) is 18.1 Å². The molecule has 2 aromatic rings. The zero-order valence-corrected chi connectivity index (χ0v) is 26.5. The molecule has 4 aliphatic rings. The molecular weight excluding hydrogens is 562 g/mol. The number of aromatic nitrogens is 2. The van der Waals surface area contributed by atoms with Crippen LogP contribution in [0.5, 0.6) is 0 Å². The summed E-state index contributed by atoms with van der Waals surface area (Å²) in [5.74, 6) is 1.30. The molecule has 1 spiro atoms. The van der Waals surface area contributed by atoms with Gasteiger partial charge in [0.1, 0.15) is 29.6 Å². The number of benzene rings is 1. The summed E-state index contributed by atoms with van der Waals surface area (Å²) in [7, 11) is 2.17. The number of nitrogens with zero attached hydrogens (tertiary/aromatic N) is 6. The van der Waals surface area contributed by atoms with Crippen molar-refractivity contribution in [2.75, 3.05) is 81.1 Å². The highest BCUT2D eigenvalue weighted by atomic mass is 19.1. The molecule has 44 heavy (non-hydrogen) atoms. The van der Waals surface area contributed by atoms with Crippen LogP contribution in [0.25, 0.3) is 0 Å². The largest absolute Gasteiger partial charge is 0.370 e. The van der Waals surface area contributed by atoms with Gasteiger partial charge in [-0.1, -0.05) is 13.8 Å². The number of hydrogen-bond donors (Lipinski definition) is 2. The minimum Gasteiger partial charge on any atom is -0.370 e.